The summed E-state index contributed by atoms with van der Waals surface area (Å²) in [6.45, 7) is 5.03. The molecule has 1 rings (SSSR count). The first-order valence-corrected chi connectivity index (χ1v) is 8.63. The number of hydrogen-bond donors (Lipinski definition) is 3. The van der Waals surface area contributed by atoms with Gasteiger partial charge in [0, 0.05) is 53.2 Å². The number of nitrogens with one attached hydrogen (secondary N) is 3. The number of nitrogens with zero attached hydrogens (tertiary/aromatic N) is 1. The predicted molar refractivity (Wildman–Crippen MR) is 118 cm³/mol. The maximum Gasteiger partial charge on any atom is 0.191 e. The Balaban J connectivity index is 0.00000625. The third kappa shape index (κ3) is 12.3. The molecule has 1 aromatic carbocycles. The highest BCUT2D eigenvalue weighted by molar-refractivity contribution is 14.0. The SMILES string of the molecule is CN=C(NCCCOCCOC)NCc1ccc(NCCOC)cc1.I. The zero-order valence-corrected chi connectivity index (χ0v) is 18.4. The molecule has 0 aromatic heterocycles. The molecule has 0 aliphatic heterocycles. The van der Waals surface area contributed by atoms with E-state index in [0.29, 0.717) is 26.4 Å². The number of aliphatic imine (C=N–C) groups is 1. The molecule has 0 radical (unpaired) electrons. The summed E-state index contributed by atoms with van der Waals surface area (Å²) >= 11 is 0. The third-order valence-corrected chi connectivity index (χ3v) is 3.46. The number of benzene rings is 1. The van der Waals surface area contributed by atoms with E-state index in [1.54, 1.807) is 21.3 Å². The average Bonchev–Trinajstić information content (AvgIpc) is 2.64. The molecule has 0 heterocycles. The van der Waals surface area contributed by atoms with Crippen LogP contribution in [0.15, 0.2) is 29.3 Å². The average molecular weight is 480 g/mol. The Morgan fingerprint density at radius 2 is 1.65 bits per heavy atom. The summed E-state index contributed by atoms with van der Waals surface area (Å²) in [4.78, 5) is 4.23. The van der Waals surface area contributed by atoms with Crippen molar-refractivity contribution in [3.05, 3.63) is 29.8 Å². The number of hydrogen-bond acceptors (Lipinski definition) is 5. The van der Waals surface area contributed by atoms with Crippen molar-refractivity contribution in [3.8, 4) is 0 Å². The van der Waals surface area contributed by atoms with Crippen LogP contribution in [-0.4, -0.2) is 66.7 Å². The topological polar surface area (TPSA) is 76.1 Å². The van der Waals surface area contributed by atoms with Gasteiger partial charge in [-0.3, -0.25) is 4.99 Å². The number of anilines is 1. The van der Waals surface area contributed by atoms with Crippen molar-refractivity contribution in [1.82, 2.24) is 10.6 Å². The summed E-state index contributed by atoms with van der Waals surface area (Å²) in [5.74, 6) is 0.791. The first kappa shape index (κ1) is 24.9. The second-order valence-electron chi connectivity index (χ2n) is 5.43. The molecular weight excluding hydrogens is 447 g/mol. The van der Waals surface area contributed by atoms with E-state index in [-0.39, 0.29) is 24.0 Å². The number of halogens is 1. The highest BCUT2D eigenvalue weighted by Crippen LogP contribution is 2.08. The third-order valence-electron chi connectivity index (χ3n) is 3.46. The van der Waals surface area contributed by atoms with Crippen molar-refractivity contribution >= 4 is 35.6 Å². The molecule has 0 fully saturated rings. The van der Waals surface area contributed by atoms with Crippen LogP contribution < -0.4 is 16.0 Å². The van der Waals surface area contributed by atoms with Crippen molar-refractivity contribution in [2.75, 3.05) is 66.1 Å². The fourth-order valence-electron chi connectivity index (χ4n) is 2.07. The smallest absolute Gasteiger partial charge is 0.191 e. The summed E-state index contributed by atoms with van der Waals surface area (Å²) in [7, 11) is 5.14. The van der Waals surface area contributed by atoms with E-state index in [1.165, 1.54) is 5.56 Å². The van der Waals surface area contributed by atoms with Gasteiger partial charge in [-0.15, -0.1) is 24.0 Å². The lowest BCUT2D eigenvalue weighted by molar-refractivity contribution is 0.0698. The van der Waals surface area contributed by atoms with Gasteiger partial charge in [0.2, 0.25) is 0 Å². The van der Waals surface area contributed by atoms with Crippen molar-refractivity contribution in [2.24, 2.45) is 4.99 Å². The molecule has 8 heteroatoms. The number of ether oxygens (including phenoxy) is 3. The van der Waals surface area contributed by atoms with Crippen LogP contribution in [0.4, 0.5) is 5.69 Å². The van der Waals surface area contributed by atoms with E-state index < -0.39 is 0 Å². The Hall–Kier alpha value is -1.10. The lowest BCUT2D eigenvalue weighted by Crippen LogP contribution is -2.37. The quantitative estimate of drug-likeness (QED) is 0.174. The number of methoxy groups -OCH3 is 2. The van der Waals surface area contributed by atoms with E-state index in [4.69, 9.17) is 14.2 Å². The van der Waals surface area contributed by atoms with E-state index in [2.05, 4.69) is 45.2 Å². The largest absolute Gasteiger partial charge is 0.383 e. The molecule has 0 bridgehead atoms. The van der Waals surface area contributed by atoms with Crippen molar-refractivity contribution in [2.45, 2.75) is 13.0 Å². The molecule has 26 heavy (non-hydrogen) atoms. The Morgan fingerprint density at radius 1 is 0.923 bits per heavy atom. The highest BCUT2D eigenvalue weighted by atomic mass is 127. The van der Waals surface area contributed by atoms with Crippen LogP contribution >= 0.6 is 24.0 Å². The molecule has 150 valence electrons. The van der Waals surface area contributed by atoms with Gasteiger partial charge in [-0.1, -0.05) is 12.1 Å². The summed E-state index contributed by atoms with van der Waals surface area (Å²) in [5, 5.41) is 9.88. The van der Waals surface area contributed by atoms with E-state index in [9.17, 15) is 0 Å². The Morgan fingerprint density at radius 3 is 2.31 bits per heavy atom. The molecule has 0 amide bonds. The molecular formula is C18H33IN4O3. The second-order valence-corrected chi connectivity index (χ2v) is 5.43. The molecule has 0 aliphatic carbocycles. The van der Waals surface area contributed by atoms with Crippen LogP contribution in [0, 0.1) is 0 Å². The molecule has 0 unspecified atom stereocenters. The Labute approximate surface area is 174 Å². The van der Waals surface area contributed by atoms with Crippen LogP contribution in [0.1, 0.15) is 12.0 Å². The molecule has 0 saturated carbocycles. The maximum atomic E-state index is 5.43. The normalized spacial score (nSPS) is 11.0. The maximum absolute atomic E-state index is 5.43. The monoisotopic (exact) mass is 480 g/mol. The summed E-state index contributed by atoms with van der Waals surface area (Å²) < 4.78 is 15.4. The van der Waals surface area contributed by atoms with Crippen molar-refractivity contribution in [3.63, 3.8) is 0 Å². The van der Waals surface area contributed by atoms with Gasteiger partial charge in [0.05, 0.1) is 19.8 Å². The molecule has 7 nitrogen and oxygen atoms in total. The van der Waals surface area contributed by atoms with Crippen LogP contribution in [0.2, 0.25) is 0 Å². The summed E-state index contributed by atoms with van der Waals surface area (Å²) in [6, 6.07) is 8.33. The Bertz CT molecular complexity index is 472. The predicted octanol–water partition coefficient (Wildman–Crippen LogP) is 2.08. The molecule has 0 aliphatic rings. The molecule has 0 saturated heterocycles. The van der Waals surface area contributed by atoms with Crippen LogP contribution in [0.3, 0.4) is 0 Å². The fourth-order valence-corrected chi connectivity index (χ4v) is 2.07. The van der Waals surface area contributed by atoms with Gasteiger partial charge in [-0.2, -0.15) is 0 Å². The van der Waals surface area contributed by atoms with Crippen molar-refractivity contribution in [1.29, 1.82) is 0 Å². The first-order chi connectivity index (χ1) is 12.3. The van der Waals surface area contributed by atoms with E-state index in [0.717, 1.165) is 37.7 Å². The van der Waals surface area contributed by atoms with Gasteiger partial charge in [-0.25, -0.2) is 0 Å². The molecule has 0 spiro atoms. The van der Waals surface area contributed by atoms with Crippen LogP contribution in [0.25, 0.3) is 0 Å². The standard InChI is InChI=1S/C18H32N4O3.HI/c1-19-18(21-9-4-11-25-14-13-24-3)22-15-16-5-7-17(8-6-16)20-10-12-23-2;/h5-8,20H,4,9-15H2,1-3H3,(H2,19,21,22);1H. The molecule has 1 aromatic rings. The van der Waals surface area contributed by atoms with E-state index >= 15 is 0 Å². The fraction of sp³-hybridized carbons (Fsp3) is 0.611. The second kappa shape index (κ2) is 17.3. The van der Waals surface area contributed by atoms with E-state index in [1.807, 2.05) is 0 Å². The summed E-state index contributed by atoms with van der Waals surface area (Å²) in [6.07, 6.45) is 0.923. The number of guanidine groups is 1. The lowest BCUT2D eigenvalue weighted by atomic mass is 10.2. The van der Waals surface area contributed by atoms with Gasteiger partial charge in [0.25, 0.3) is 0 Å². The first-order valence-electron chi connectivity index (χ1n) is 8.63. The Kier molecular flexibility index (Phi) is 16.6. The minimum absolute atomic E-state index is 0. The zero-order valence-electron chi connectivity index (χ0n) is 16.0. The summed E-state index contributed by atoms with van der Waals surface area (Å²) in [5.41, 5.74) is 2.29. The minimum Gasteiger partial charge on any atom is -0.383 e. The zero-order chi connectivity index (χ0) is 18.2. The van der Waals surface area contributed by atoms with Gasteiger partial charge < -0.3 is 30.2 Å². The van der Waals surface area contributed by atoms with Crippen molar-refractivity contribution < 1.29 is 14.2 Å². The van der Waals surface area contributed by atoms with Crippen LogP contribution in [-0.2, 0) is 20.8 Å². The number of rotatable bonds is 13. The van der Waals surface area contributed by atoms with Gasteiger partial charge >= 0.3 is 0 Å². The minimum atomic E-state index is 0. The lowest BCUT2D eigenvalue weighted by Gasteiger charge is -2.12. The van der Waals surface area contributed by atoms with Gasteiger partial charge in [0.1, 0.15) is 0 Å². The van der Waals surface area contributed by atoms with Crippen LogP contribution in [0.5, 0.6) is 0 Å². The van der Waals surface area contributed by atoms with Gasteiger partial charge in [-0.05, 0) is 24.1 Å². The van der Waals surface area contributed by atoms with Gasteiger partial charge in [0.15, 0.2) is 5.96 Å². The molecule has 3 N–H and O–H groups in total. The highest BCUT2D eigenvalue weighted by Gasteiger charge is 1.99. The molecule has 0 atom stereocenters.